The van der Waals surface area contributed by atoms with Crippen LogP contribution in [0.5, 0.6) is 0 Å². The molecule has 0 aromatic heterocycles. The van der Waals surface area contributed by atoms with E-state index in [4.69, 9.17) is 28.9 Å². The topological polar surface area (TPSA) is 58.4 Å². The standard InChI is InChI=1S/C13H19Cl2N3O/c1-3-18(4-2)6-5-17-13(19)10-7-9(14)8-11(15)12(10)16/h7-8H,3-6,16H2,1-2H3,(H,17,19). The molecule has 4 nitrogen and oxygen atoms in total. The van der Waals surface area contributed by atoms with Gasteiger partial charge in [-0.3, -0.25) is 4.79 Å². The molecule has 0 saturated carbocycles. The molecule has 6 heteroatoms. The number of rotatable bonds is 6. The lowest BCUT2D eigenvalue weighted by Crippen LogP contribution is -2.35. The van der Waals surface area contributed by atoms with Gasteiger partial charge in [0.05, 0.1) is 16.3 Å². The van der Waals surface area contributed by atoms with Crippen LogP contribution in [-0.2, 0) is 0 Å². The Labute approximate surface area is 123 Å². The summed E-state index contributed by atoms with van der Waals surface area (Å²) in [5, 5.41) is 3.50. The zero-order valence-electron chi connectivity index (χ0n) is 11.2. The monoisotopic (exact) mass is 303 g/mol. The van der Waals surface area contributed by atoms with Crippen LogP contribution in [0.2, 0.25) is 10.0 Å². The molecule has 0 spiro atoms. The fourth-order valence-corrected chi connectivity index (χ4v) is 2.23. The van der Waals surface area contributed by atoms with Crippen LogP contribution in [0.4, 0.5) is 5.69 Å². The van der Waals surface area contributed by atoms with Crippen LogP contribution in [0, 0.1) is 0 Å². The lowest BCUT2D eigenvalue weighted by Gasteiger charge is -2.18. The Hall–Kier alpha value is -0.970. The minimum absolute atomic E-state index is 0.256. The first-order valence-electron chi connectivity index (χ1n) is 6.24. The SMILES string of the molecule is CCN(CC)CCNC(=O)c1cc(Cl)cc(Cl)c1N. The number of nitrogens with zero attached hydrogens (tertiary/aromatic N) is 1. The fraction of sp³-hybridized carbons (Fsp3) is 0.462. The molecule has 106 valence electrons. The van der Waals surface area contributed by atoms with Gasteiger partial charge in [-0.1, -0.05) is 37.0 Å². The molecule has 1 aromatic carbocycles. The van der Waals surface area contributed by atoms with Crippen molar-refractivity contribution < 1.29 is 4.79 Å². The van der Waals surface area contributed by atoms with Gasteiger partial charge in [0, 0.05) is 18.1 Å². The number of carbonyl (C=O) groups excluding carboxylic acids is 1. The van der Waals surface area contributed by atoms with Crippen molar-refractivity contribution >= 4 is 34.8 Å². The summed E-state index contributed by atoms with van der Waals surface area (Å²) in [5.74, 6) is -0.256. The number of anilines is 1. The zero-order chi connectivity index (χ0) is 14.4. The van der Waals surface area contributed by atoms with Crippen molar-refractivity contribution in [2.75, 3.05) is 31.9 Å². The van der Waals surface area contributed by atoms with Crippen molar-refractivity contribution in [3.8, 4) is 0 Å². The molecule has 0 heterocycles. The van der Waals surface area contributed by atoms with Gasteiger partial charge in [-0.15, -0.1) is 0 Å². The van der Waals surface area contributed by atoms with Crippen molar-refractivity contribution in [3.05, 3.63) is 27.7 Å². The van der Waals surface area contributed by atoms with E-state index in [-0.39, 0.29) is 11.6 Å². The number of halogens is 2. The molecule has 0 aliphatic heterocycles. The van der Waals surface area contributed by atoms with Gasteiger partial charge in [-0.25, -0.2) is 0 Å². The summed E-state index contributed by atoms with van der Waals surface area (Å²) in [6.45, 7) is 7.44. The van der Waals surface area contributed by atoms with Gasteiger partial charge >= 0.3 is 0 Å². The number of nitrogens with two attached hydrogens (primary N) is 1. The lowest BCUT2D eigenvalue weighted by molar-refractivity contribution is 0.0950. The Bertz CT molecular complexity index is 448. The average Bonchev–Trinajstić information content (AvgIpc) is 2.38. The first-order valence-corrected chi connectivity index (χ1v) is 7.00. The molecule has 0 fully saturated rings. The van der Waals surface area contributed by atoms with E-state index in [2.05, 4.69) is 24.1 Å². The number of nitrogen functional groups attached to an aromatic ring is 1. The molecule has 0 aliphatic rings. The summed E-state index contributed by atoms with van der Waals surface area (Å²) >= 11 is 11.8. The van der Waals surface area contributed by atoms with Gasteiger partial charge in [0.2, 0.25) is 0 Å². The zero-order valence-corrected chi connectivity index (χ0v) is 12.7. The average molecular weight is 304 g/mol. The van der Waals surface area contributed by atoms with Crippen LogP contribution >= 0.6 is 23.2 Å². The highest BCUT2D eigenvalue weighted by Crippen LogP contribution is 2.27. The minimum atomic E-state index is -0.256. The molecule has 0 aliphatic carbocycles. The van der Waals surface area contributed by atoms with Crippen molar-refractivity contribution in [3.63, 3.8) is 0 Å². The van der Waals surface area contributed by atoms with E-state index in [1.165, 1.54) is 12.1 Å². The number of hydrogen-bond acceptors (Lipinski definition) is 3. The maximum absolute atomic E-state index is 12.0. The number of carbonyl (C=O) groups is 1. The molecule has 0 saturated heterocycles. The predicted molar refractivity (Wildman–Crippen MR) is 81.0 cm³/mol. The Morgan fingerprint density at radius 1 is 1.32 bits per heavy atom. The van der Waals surface area contributed by atoms with Crippen molar-refractivity contribution in [2.45, 2.75) is 13.8 Å². The van der Waals surface area contributed by atoms with E-state index < -0.39 is 0 Å². The van der Waals surface area contributed by atoms with Crippen LogP contribution in [0.1, 0.15) is 24.2 Å². The van der Waals surface area contributed by atoms with Gasteiger partial charge in [0.25, 0.3) is 5.91 Å². The Balaban J connectivity index is 2.64. The third kappa shape index (κ3) is 4.56. The molecular formula is C13H19Cl2N3O. The normalized spacial score (nSPS) is 10.8. The highest BCUT2D eigenvalue weighted by Gasteiger charge is 2.13. The Kier molecular flexibility index (Phi) is 6.42. The number of hydrogen-bond donors (Lipinski definition) is 2. The molecule has 0 unspecified atom stereocenters. The van der Waals surface area contributed by atoms with Gasteiger partial charge < -0.3 is 16.0 Å². The molecular weight excluding hydrogens is 285 g/mol. The van der Waals surface area contributed by atoms with E-state index in [1.807, 2.05) is 0 Å². The molecule has 0 atom stereocenters. The van der Waals surface area contributed by atoms with Crippen LogP contribution < -0.4 is 11.1 Å². The van der Waals surface area contributed by atoms with E-state index in [9.17, 15) is 4.79 Å². The second kappa shape index (κ2) is 7.58. The summed E-state index contributed by atoms with van der Waals surface area (Å²) in [5.41, 5.74) is 6.35. The first-order chi connectivity index (χ1) is 8.99. The lowest BCUT2D eigenvalue weighted by atomic mass is 10.1. The van der Waals surface area contributed by atoms with Crippen molar-refractivity contribution in [1.29, 1.82) is 0 Å². The number of likely N-dealkylation sites (N-methyl/N-ethyl adjacent to an activating group) is 1. The second-order valence-corrected chi connectivity index (χ2v) is 4.98. The van der Waals surface area contributed by atoms with E-state index >= 15 is 0 Å². The molecule has 0 radical (unpaired) electrons. The molecule has 1 amide bonds. The van der Waals surface area contributed by atoms with Crippen LogP contribution in [0.25, 0.3) is 0 Å². The summed E-state index contributed by atoms with van der Waals surface area (Å²) < 4.78 is 0. The molecule has 1 aromatic rings. The molecule has 19 heavy (non-hydrogen) atoms. The second-order valence-electron chi connectivity index (χ2n) is 4.13. The first kappa shape index (κ1) is 16.1. The highest BCUT2D eigenvalue weighted by molar-refractivity contribution is 6.37. The maximum Gasteiger partial charge on any atom is 0.253 e. The smallest absolute Gasteiger partial charge is 0.253 e. The third-order valence-electron chi connectivity index (χ3n) is 2.95. The highest BCUT2D eigenvalue weighted by atomic mass is 35.5. The largest absolute Gasteiger partial charge is 0.397 e. The van der Waals surface area contributed by atoms with Gasteiger partial charge in [0.15, 0.2) is 0 Å². The third-order valence-corrected chi connectivity index (χ3v) is 3.48. The van der Waals surface area contributed by atoms with E-state index in [1.54, 1.807) is 0 Å². The predicted octanol–water partition coefficient (Wildman–Crippen LogP) is 2.65. The summed E-state index contributed by atoms with van der Waals surface area (Å²) in [7, 11) is 0. The number of nitrogens with one attached hydrogen (secondary N) is 1. The van der Waals surface area contributed by atoms with Crippen molar-refractivity contribution in [1.82, 2.24) is 10.2 Å². The van der Waals surface area contributed by atoms with E-state index in [0.29, 0.717) is 22.2 Å². The summed E-state index contributed by atoms with van der Waals surface area (Å²) in [6.07, 6.45) is 0. The van der Waals surface area contributed by atoms with Gasteiger partial charge in [-0.2, -0.15) is 0 Å². The minimum Gasteiger partial charge on any atom is -0.397 e. The van der Waals surface area contributed by atoms with Gasteiger partial charge in [0.1, 0.15) is 0 Å². The van der Waals surface area contributed by atoms with Gasteiger partial charge in [-0.05, 0) is 25.2 Å². The van der Waals surface area contributed by atoms with Crippen LogP contribution in [0.3, 0.4) is 0 Å². The van der Waals surface area contributed by atoms with E-state index in [0.717, 1.165) is 19.6 Å². The molecule has 1 rings (SSSR count). The number of benzene rings is 1. The summed E-state index contributed by atoms with van der Waals surface area (Å²) in [4.78, 5) is 14.2. The quantitative estimate of drug-likeness (QED) is 0.794. The maximum atomic E-state index is 12.0. The summed E-state index contributed by atoms with van der Waals surface area (Å²) in [6, 6.07) is 3.04. The Morgan fingerprint density at radius 3 is 2.53 bits per heavy atom. The van der Waals surface area contributed by atoms with Crippen molar-refractivity contribution in [2.24, 2.45) is 0 Å². The Morgan fingerprint density at radius 2 is 1.95 bits per heavy atom. The fourth-order valence-electron chi connectivity index (χ4n) is 1.74. The molecule has 0 bridgehead atoms. The number of amides is 1. The molecule has 3 N–H and O–H groups in total. The van der Waals surface area contributed by atoms with Crippen LogP contribution in [0.15, 0.2) is 12.1 Å². The van der Waals surface area contributed by atoms with Crippen LogP contribution in [-0.4, -0.2) is 37.0 Å².